The maximum atomic E-state index is 12.6. The number of rotatable bonds is 5. The van der Waals surface area contributed by atoms with E-state index in [0.29, 0.717) is 11.3 Å². The molecule has 0 aromatic heterocycles. The van der Waals surface area contributed by atoms with E-state index < -0.39 is 10.0 Å². The van der Waals surface area contributed by atoms with Crippen LogP contribution in [0.3, 0.4) is 0 Å². The maximum Gasteiger partial charge on any atom is 0.261 e. The topological polar surface area (TPSA) is 87.3 Å². The molecule has 3 rings (SSSR count). The summed E-state index contributed by atoms with van der Waals surface area (Å²) < 4.78 is 27.7. The quantitative estimate of drug-likeness (QED) is 0.689. The van der Waals surface area contributed by atoms with Crippen molar-refractivity contribution < 1.29 is 13.2 Å². The largest absolute Gasteiger partial charge is 0.348 e. The van der Waals surface area contributed by atoms with Crippen molar-refractivity contribution in [2.24, 2.45) is 0 Å². The molecular formula is C20H26ClN3O3S. The lowest BCUT2D eigenvalue weighted by molar-refractivity contribution is 0.0919. The van der Waals surface area contributed by atoms with Gasteiger partial charge in [-0.1, -0.05) is 18.2 Å². The highest BCUT2D eigenvalue weighted by molar-refractivity contribution is 7.92. The van der Waals surface area contributed by atoms with Gasteiger partial charge in [0.25, 0.3) is 15.9 Å². The monoisotopic (exact) mass is 423 g/mol. The molecule has 0 aliphatic carbocycles. The lowest BCUT2D eigenvalue weighted by Crippen LogP contribution is -2.51. The van der Waals surface area contributed by atoms with E-state index in [4.69, 9.17) is 0 Å². The Morgan fingerprint density at radius 2 is 1.79 bits per heavy atom. The lowest BCUT2D eigenvalue weighted by atomic mass is 9.99. The Bertz CT molecular complexity index is 917. The van der Waals surface area contributed by atoms with Crippen molar-refractivity contribution in [1.29, 1.82) is 0 Å². The smallest absolute Gasteiger partial charge is 0.261 e. The molecule has 2 aromatic rings. The van der Waals surface area contributed by atoms with Crippen LogP contribution in [0.15, 0.2) is 53.4 Å². The first-order valence-electron chi connectivity index (χ1n) is 9.09. The summed E-state index contributed by atoms with van der Waals surface area (Å²) in [7, 11) is -3.71. The second-order valence-corrected chi connectivity index (χ2v) is 8.59. The number of aryl methyl sites for hydroxylation is 1. The molecule has 2 unspecified atom stereocenters. The Morgan fingerprint density at radius 1 is 1.11 bits per heavy atom. The van der Waals surface area contributed by atoms with Crippen LogP contribution in [0.4, 0.5) is 5.69 Å². The molecule has 1 aliphatic heterocycles. The molecule has 1 aliphatic rings. The van der Waals surface area contributed by atoms with Crippen LogP contribution in [0.2, 0.25) is 0 Å². The van der Waals surface area contributed by atoms with Crippen LogP contribution in [-0.2, 0) is 10.0 Å². The molecule has 2 atom stereocenters. The van der Waals surface area contributed by atoms with Gasteiger partial charge in [-0.2, -0.15) is 0 Å². The minimum absolute atomic E-state index is 0. The van der Waals surface area contributed by atoms with Gasteiger partial charge in [0, 0.05) is 17.6 Å². The molecule has 8 heteroatoms. The number of benzene rings is 2. The minimum atomic E-state index is -3.71. The molecule has 0 saturated carbocycles. The van der Waals surface area contributed by atoms with E-state index in [-0.39, 0.29) is 35.3 Å². The maximum absolute atomic E-state index is 12.6. The van der Waals surface area contributed by atoms with Gasteiger partial charge in [0.2, 0.25) is 0 Å². The van der Waals surface area contributed by atoms with Crippen molar-refractivity contribution in [3.8, 4) is 0 Å². The van der Waals surface area contributed by atoms with E-state index in [9.17, 15) is 13.2 Å². The van der Waals surface area contributed by atoms with Crippen molar-refractivity contribution in [3.63, 3.8) is 0 Å². The Hall–Kier alpha value is -2.09. The van der Waals surface area contributed by atoms with Crippen LogP contribution in [0.25, 0.3) is 0 Å². The summed E-state index contributed by atoms with van der Waals surface area (Å²) in [6, 6.07) is 13.5. The number of piperidine rings is 1. The summed E-state index contributed by atoms with van der Waals surface area (Å²) in [4.78, 5) is 12.6. The van der Waals surface area contributed by atoms with E-state index in [1.54, 1.807) is 24.3 Å². The first-order chi connectivity index (χ1) is 12.9. The normalized spacial score (nSPS) is 19.4. The Labute approximate surface area is 172 Å². The molecule has 1 fully saturated rings. The average Bonchev–Trinajstić information content (AvgIpc) is 2.65. The molecular weight excluding hydrogens is 398 g/mol. The number of nitrogens with one attached hydrogen (secondary N) is 3. The lowest BCUT2D eigenvalue weighted by Gasteiger charge is -2.30. The fourth-order valence-electron chi connectivity index (χ4n) is 3.17. The van der Waals surface area contributed by atoms with E-state index in [1.807, 2.05) is 19.1 Å². The summed E-state index contributed by atoms with van der Waals surface area (Å²) in [5.41, 5.74) is 1.83. The molecule has 3 N–H and O–H groups in total. The fourth-order valence-corrected chi connectivity index (χ4v) is 4.30. The van der Waals surface area contributed by atoms with E-state index in [1.165, 1.54) is 12.1 Å². The summed E-state index contributed by atoms with van der Waals surface area (Å²) >= 11 is 0. The van der Waals surface area contributed by atoms with E-state index in [2.05, 4.69) is 22.3 Å². The Morgan fingerprint density at radius 3 is 2.43 bits per heavy atom. The molecule has 1 saturated heterocycles. The molecule has 0 radical (unpaired) electrons. The van der Waals surface area contributed by atoms with Gasteiger partial charge in [-0.3, -0.25) is 9.52 Å². The van der Waals surface area contributed by atoms with Crippen molar-refractivity contribution >= 4 is 34.0 Å². The third-order valence-corrected chi connectivity index (χ3v) is 6.28. The van der Waals surface area contributed by atoms with Gasteiger partial charge in [0.1, 0.15) is 0 Å². The SMILES string of the molecule is Cc1ccccc1NS(=O)(=O)c1ccc(C(=O)NC2CCCNC2C)cc1.Cl. The summed E-state index contributed by atoms with van der Waals surface area (Å²) in [6.07, 6.45) is 1.96. The zero-order valence-corrected chi connectivity index (χ0v) is 17.6. The van der Waals surface area contributed by atoms with Crippen LogP contribution < -0.4 is 15.4 Å². The van der Waals surface area contributed by atoms with E-state index >= 15 is 0 Å². The van der Waals surface area contributed by atoms with Gasteiger partial charge in [0.05, 0.1) is 10.6 Å². The Kier molecular flexibility index (Phi) is 7.46. The number of hydrogen-bond acceptors (Lipinski definition) is 4. The third-order valence-electron chi connectivity index (χ3n) is 4.89. The average molecular weight is 424 g/mol. The number of anilines is 1. The number of sulfonamides is 1. The highest BCUT2D eigenvalue weighted by atomic mass is 35.5. The van der Waals surface area contributed by atoms with E-state index in [0.717, 1.165) is 24.9 Å². The zero-order valence-electron chi connectivity index (χ0n) is 15.9. The molecule has 0 spiro atoms. The fraction of sp³-hybridized carbons (Fsp3) is 0.350. The summed E-state index contributed by atoms with van der Waals surface area (Å²) in [5.74, 6) is -0.189. The molecule has 28 heavy (non-hydrogen) atoms. The van der Waals surface area contributed by atoms with Crippen LogP contribution in [0, 0.1) is 6.92 Å². The van der Waals surface area contributed by atoms with Crippen molar-refractivity contribution in [3.05, 3.63) is 59.7 Å². The molecule has 1 amide bonds. The zero-order chi connectivity index (χ0) is 19.4. The highest BCUT2D eigenvalue weighted by Gasteiger charge is 2.23. The molecule has 0 bridgehead atoms. The van der Waals surface area contributed by atoms with Gasteiger partial charge >= 0.3 is 0 Å². The minimum Gasteiger partial charge on any atom is -0.348 e. The van der Waals surface area contributed by atoms with Gasteiger partial charge in [-0.15, -0.1) is 12.4 Å². The second-order valence-electron chi connectivity index (χ2n) is 6.91. The second kappa shape index (κ2) is 9.41. The summed E-state index contributed by atoms with van der Waals surface area (Å²) in [5, 5.41) is 6.37. The third kappa shape index (κ3) is 5.25. The molecule has 2 aromatic carbocycles. The van der Waals surface area contributed by atoms with Gasteiger partial charge < -0.3 is 10.6 Å². The summed E-state index contributed by atoms with van der Waals surface area (Å²) in [6.45, 7) is 4.86. The number of halogens is 1. The van der Waals surface area contributed by atoms with Crippen LogP contribution in [-0.4, -0.2) is 33.0 Å². The predicted molar refractivity (Wildman–Crippen MR) is 114 cm³/mol. The number of hydrogen-bond donors (Lipinski definition) is 3. The standard InChI is InChI=1S/C20H25N3O3S.ClH/c1-14-6-3-4-7-18(14)23-27(25,26)17-11-9-16(10-12-17)20(24)22-19-8-5-13-21-15(19)2;/h3-4,6-7,9-12,15,19,21,23H,5,8,13H2,1-2H3,(H,22,24);1H. The number of amides is 1. The molecule has 152 valence electrons. The predicted octanol–water partition coefficient (Wildman–Crippen LogP) is 3.09. The Balaban J connectivity index is 0.00000280. The first kappa shape index (κ1) is 22.2. The van der Waals surface area contributed by atoms with Crippen LogP contribution in [0.1, 0.15) is 35.7 Å². The van der Waals surface area contributed by atoms with Gasteiger partial charge in [-0.25, -0.2) is 8.42 Å². The molecule has 1 heterocycles. The highest BCUT2D eigenvalue weighted by Crippen LogP contribution is 2.20. The van der Waals surface area contributed by atoms with Crippen molar-refractivity contribution in [1.82, 2.24) is 10.6 Å². The molecule has 6 nitrogen and oxygen atoms in total. The van der Waals surface area contributed by atoms with Gasteiger partial charge in [0.15, 0.2) is 0 Å². The first-order valence-corrected chi connectivity index (χ1v) is 10.6. The van der Waals surface area contributed by atoms with Crippen LogP contribution >= 0.6 is 12.4 Å². The number of para-hydroxylation sites is 1. The van der Waals surface area contributed by atoms with Crippen molar-refractivity contribution in [2.45, 2.75) is 43.7 Å². The number of carbonyl (C=O) groups excluding carboxylic acids is 1. The number of carbonyl (C=O) groups is 1. The van der Waals surface area contributed by atoms with Crippen LogP contribution in [0.5, 0.6) is 0 Å². The van der Waals surface area contributed by atoms with Gasteiger partial charge in [-0.05, 0) is 69.1 Å². The van der Waals surface area contributed by atoms with Crippen molar-refractivity contribution in [2.75, 3.05) is 11.3 Å².